The molecule has 1 rings (SSSR count). The molecule has 0 aromatic rings. The standard InChI is InChI=1S/C16H27NO2/c1-9(2)6-7-12-11(5)14(16(19)15(12)18)13(17)8-10(3)4/h9-12,14,17H,6-8H2,1-5H3. The minimum Gasteiger partial charge on any atom is -0.309 e. The maximum atomic E-state index is 12.1. The Morgan fingerprint density at radius 3 is 2.16 bits per heavy atom. The first-order valence-electron chi connectivity index (χ1n) is 7.41. The lowest BCUT2D eigenvalue weighted by molar-refractivity contribution is -0.136. The molecule has 0 spiro atoms. The molecule has 0 saturated heterocycles. The van der Waals surface area contributed by atoms with E-state index in [0.29, 0.717) is 24.0 Å². The summed E-state index contributed by atoms with van der Waals surface area (Å²) in [6.45, 7) is 10.3. The van der Waals surface area contributed by atoms with E-state index in [9.17, 15) is 9.59 Å². The van der Waals surface area contributed by atoms with Crippen molar-refractivity contribution in [3.63, 3.8) is 0 Å². The fourth-order valence-electron chi connectivity index (χ4n) is 3.00. The van der Waals surface area contributed by atoms with Crippen molar-refractivity contribution in [3.05, 3.63) is 0 Å². The molecular weight excluding hydrogens is 238 g/mol. The zero-order chi connectivity index (χ0) is 14.7. The average Bonchev–Trinajstić information content (AvgIpc) is 2.47. The third kappa shape index (κ3) is 3.74. The number of hydrogen-bond acceptors (Lipinski definition) is 3. The van der Waals surface area contributed by atoms with Gasteiger partial charge in [0.1, 0.15) is 0 Å². The van der Waals surface area contributed by atoms with Crippen molar-refractivity contribution in [2.75, 3.05) is 0 Å². The van der Waals surface area contributed by atoms with Crippen molar-refractivity contribution in [2.24, 2.45) is 29.6 Å². The summed E-state index contributed by atoms with van der Waals surface area (Å²) >= 11 is 0. The lowest BCUT2D eigenvalue weighted by Gasteiger charge is -2.20. The van der Waals surface area contributed by atoms with Crippen molar-refractivity contribution in [3.8, 4) is 0 Å². The Kier molecular flexibility index (Phi) is 5.45. The van der Waals surface area contributed by atoms with Crippen LogP contribution in [0.2, 0.25) is 0 Å². The molecule has 3 nitrogen and oxygen atoms in total. The van der Waals surface area contributed by atoms with Gasteiger partial charge in [0.15, 0.2) is 0 Å². The Bertz CT molecular complexity index is 371. The second-order valence-corrected chi connectivity index (χ2v) is 6.77. The SMILES string of the molecule is CC(C)CCC1C(=O)C(=O)C(C(=N)CC(C)C)C1C. The highest BCUT2D eigenvalue weighted by Crippen LogP contribution is 2.36. The second kappa shape index (κ2) is 6.44. The Morgan fingerprint density at radius 2 is 1.68 bits per heavy atom. The molecule has 1 fully saturated rings. The molecule has 3 heteroatoms. The highest BCUT2D eigenvalue weighted by molar-refractivity contribution is 6.44. The molecule has 0 aromatic carbocycles. The van der Waals surface area contributed by atoms with Gasteiger partial charge < -0.3 is 5.41 Å². The second-order valence-electron chi connectivity index (χ2n) is 6.77. The molecule has 0 amide bonds. The van der Waals surface area contributed by atoms with E-state index in [0.717, 1.165) is 12.8 Å². The van der Waals surface area contributed by atoms with Gasteiger partial charge in [-0.3, -0.25) is 9.59 Å². The quantitative estimate of drug-likeness (QED) is 0.590. The summed E-state index contributed by atoms with van der Waals surface area (Å²) < 4.78 is 0. The van der Waals surface area contributed by atoms with Gasteiger partial charge in [0.2, 0.25) is 11.6 Å². The predicted molar refractivity (Wildman–Crippen MR) is 77.4 cm³/mol. The Labute approximate surface area is 116 Å². The van der Waals surface area contributed by atoms with Crippen LogP contribution in [0.3, 0.4) is 0 Å². The molecule has 3 unspecified atom stereocenters. The summed E-state index contributed by atoms with van der Waals surface area (Å²) in [5.41, 5.74) is 0.452. The van der Waals surface area contributed by atoms with Gasteiger partial charge in [-0.1, -0.05) is 41.0 Å². The molecule has 108 valence electrons. The molecule has 1 aliphatic carbocycles. The minimum absolute atomic E-state index is 0.00463. The third-order valence-electron chi connectivity index (χ3n) is 4.08. The zero-order valence-corrected chi connectivity index (χ0v) is 12.8. The molecule has 0 bridgehead atoms. The summed E-state index contributed by atoms with van der Waals surface area (Å²) in [6, 6.07) is 0. The number of carbonyl (C=O) groups is 2. The Morgan fingerprint density at radius 1 is 1.11 bits per heavy atom. The van der Waals surface area contributed by atoms with E-state index in [1.807, 2.05) is 20.8 Å². The maximum Gasteiger partial charge on any atom is 0.207 e. The van der Waals surface area contributed by atoms with Crippen molar-refractivity contribution >= 4 is 17.3 Å². The number of nitrogens with one attached hydrogen (secondary N) is 1. The number of carbonyl (C=O) groups excluding carboxylic acids is 2. The molecule has 1 saturated carbocycles. The van der Waals surface area contributed by atoms with Crippen LogP contribution in [0.5, 0.6) is 0 Å². The Hall–Kier alpha value is -0.990. The van der Waals surface area contributed by atoms with Crippen LogP contribution in [0.25, 0.3) is 0 Å². The van der Waals surface area contributed by atoms with Crippen molar-refractivity contribution < 1.29 is 9.59 Å². The largest absolute Gasteiger partial charge is 0.309 e. The van der Waals surface area contributed by atoms with Crippen molar-refractivity contribution in [1.82, 2.24) is 0 Å². The van der Waals surface area contributed by atoms with Crippen LogP contribution in [0.1, 0.15) is 53.9 Å². The summed E-state index contributed by atoms with van der Waals surface area (Å²) in [6.07, 6.45) is 2.37. The van der Waals surface area contributed by atoms with E-state index in [1.54, 1.807) is 0 Å². The maximum absolute atomic E-state index is 12.1. The average molecular weight is 265 g/mol. The monoisotopic (exact) mass is 265 g/mol. The van der Waals surface area contributed by atoms with Gasteiger partial charge in [-0.25, -0.2) is 0 Å². The van der Waals surface area contributed by atoms with Crippen LogP contribution in [-0.2, 0) is 9.59 Å². The first-order chi connectivity index (χ1) is 8.75. The van der Waals surface area contributed by atoms with E-state index in [-0.39, 0.29) is 23.4 Å². The molecule has 1 N–H and O–H groups in total. The number of rotatable bonds is 6. The van der Waals surface area contributed by atoms with Gasteiger partial charge in [-0.05, 0) is 30.6 Å². The number of ketones is 2. The lowest BCUT2D eigenvalue weighted by atomic mass is 9.82. The molecule has 0 radical (unpaired) electrons. The smallest absolute Gasteiger partial charge is 0.207 e. The van der Waals surface area contributed by atoms with Crippen LogP contribution in [0.15, 0.2) is 0 Å². The van der Waals surface area contributed by atoms with Gasteiger partial charge in [0.25, 0.3) is 0 Å². The van der Waals surface area contributed by atoms with Gasteiger partial charge in [0.05, 0.1) is 5.92 Å². The zero-order valence-electron chi connectivity index (χ0n) is 12.8. The molecule has 1 aliphatic rings. The van der Waals surface area contributed by atoms with Crippen LogP contribution in [0.4, 0.5) is 0 Å². The van der Waals surface area contributed by atoms with E-state index in [2.05, 4.69) is 13.8 Å². The van der Waals surface area contributed by atoms with Gasteiger partial charge >= 0.3 is 0 Å². The number of hydrogen-bond donors (Lipinski definition) is 1. The molecule has 0 heterocycles. The molecule has 0 aromatic heterocycles. The predicted octanol–water partition coefficient (Wildman–Crippen LogP) is 3.51. The Balaban J connectivity index is 2.78. The first-order valence-corrected chi connectivity index (χ1v) is 7.41. The van der Waals surface area contributed by atoms with Crippen LogP contribution in [0, 0.1) is 35.0 Å². The number of Topliss-reactive ketones (excluding diaryl/α,β-unsaturated/α-hetero) is 2. The molecule has 3 atom stereocenters. The normalized spacial score (nSPS) is 27.6. The van der Waals surface area contributed by atoms with Crippen LogP contribution >= 0.6 is 0 Å². The van der Waals surface area contributed by atoms with Gasteiger partial charge in [-0.15, -0.1) is 0 Å². The first kappa shape index (κ1) is 16.1. The lowest BCUT2D eigenvalue weighted by Crippen LogP contribution is -2.26. The van der Waals surface area contributed by atoms with Gasteiger partial charge in [-0.2, -0.15) is 0 Å². The topological polar surface area (TPSA) is 58.0 Å². The minimum atomic E-state index is -0.452. The van der Waals surface area contributed by atoms with Crippen molar-refractivity contribution in [2.45, 2.75) is 53.9 Å². The van der Waals surface area contributed by atoms with E-state index < -0.39 is 5.92 Å². The highest BCUT2D eigenvalue weighted by atomic mass is 16.2. The fraction of sp³-hybridized carbons (Fsp3) is 0.812. The molecule has 0 aliphatic heterocycles. The third-order valence-corrected chi connectivity index (χ3v) is 4.08. The van der Waals surface area contributed by atoms with Gasteiger partial charge in [0, 0.05) is 11.6 Å². The summed E-state index contributed by atoms with van der Waals surface area (Å²) in [4.78, 5) is 24.2. The molecule has 19 heavy (non-hydrogen) atoms. The summed E-state index contributed by atoms with van der Waals surface area (Å²) in [7, 11) is 0. The summed E-state index contributed by atoms with van der Waals surface area (Å²) in [5, 5.41) is 8.10. The van der Waals surface area contributed by atoms with E-state index >= 15 is 0 Å². The van der Waals surface area contributed by atoms with Crippen LogP contribution in [-0.4, -0.2) is 17.3 Å². The van der Waals surface area contributed by atoms with Crippen molar-refractivity contribution in [1.29, 1.82) is 5.41 Å². The van der Waals surface area contributed by atoms with Crippen LogP contribution < -0.4 is 0 Å². The van der Waals surface area contributed by atoms with E-state index in [4.69, 9.17) is 5.41 Å². The fourth-order valence-corrected chi connectivity index (χ4v) is 3.00. The highest BCUT2D eigenvalue weighted by Gasteiger charge is 2.48. The van der Waals surface area contributed by atoms with E-state index in [1.165, 1.54) is 0 Å². The molecular formula is C16H27NO2. The summed E-state index contributed by atoms with van der Waals surface area (Å²) in [5.74, 6) is -0.246.